The van der Waals surface area contributed by atoms with Crippen LogP contribution in [-0.4, -0.2) is 83.2 Å². The number of halogens is 2. The fourth-order valence-corrected chi connectivity index (χ4v) is 5.20. The van der Waals surface area contributed by atoms with Gasteiger partial charge in [0.25, 0.3) is 0 Å². The number of allylic oxidation sites excluding steroid dienone is 3. The molecule has 0 amide bonds. The van der Waals surface area contributed by atoms with Crippen LogP contribution in [0.3, 0.4) is 0 Å². The molecule has 0 bridgehead atoms. The second-order valence-corrected chi connectivity index (χ2v) is 10.2. The molecule has 3 heterocycles. The largest absolute Gasteiger partial charge is 0.491 e. The molecule has 2 aromatic rings. The summed E-state index contributed by atoms with van der Waals surface area (Å²) in [4.78, 5) is 8.89. The van der Waals surface area contributed by atoms with Gasteiger partial charge in [-0.1, -0.05) is 17.7 Å². The molecule has 10 heteroatoms. The lowest BCUT2D eigenvalue weighted by atomic mass is 9.89. The molecular weight excluding hydrogens is 485 g/mol. The van der Waals surface area contributed by atoms with Gasteiger partial charge in [-0.05, 0) is 50.3 Å². The topological polar surface area (TPSA) is 64.9 Å². The summed E-state index contributed by atoms with van der Waals surface area (Å²) in [5.41, 5.74) is 1.20. The smallest absolute Gasteiger partial charge is 0.198 e. The molecule has 2 aliphatic heterocycles. The first-order valence-corrected chi connectivity index (χ1v) is 12.9. The summed E-state index contributed by atoms with van der Waals surface area (Å²) in [5.74, 6) is -1.16. The molecule has 2 fully saturated rings. The molecule has 0 radical (unpaired) electrons. The van der Waals surface area contributed by atoms with Crippen LogP contribution in [0.5, 0.6) is 5.75 Å². The van der Waals surface area contributed by atoms with Crippen LogP contribution in [0.1, 0.15) is 13.8 Å². The summed E-state index contributed by atoms with van der Waals surface area (Å²) in [7, 11) is 0. The van der Waals surface area contributed by atoms with Gasteiger partial charge < -0.3 is 19.1 Å². The summed E-state index contributed by atoms with van der Waals surface area (Å²) >= 11 is 6.00. The van der Waals surface area contributed by atoms with E-state index in [-0.39, 0.29) is 25.9 Å². The van der Waals surface area contributed by atoms with Crippen molar-refractivity contribution in [2.24, 2.45) is 5.92 Å². The maximum absolute atomic E-state index is 15.0. The number of hydrogen-bond acceptors (Lipinski definition) is 7. The Morgan fingerprint density at radius 3 is 2.64 bits per heavy atom. The normalized spacial score (nSPS) is 29.1. The third kappa shape index (κ3) is 5.59. The highest BCUT2D eigenvalue weighted by Gasteiger charge is 2.51. The molecule has 1 aromatic heterocycles. The molecule has 5 rings (SSSR count). The third-order valence-corrected chi connectivity index (χ3v) is 7.30. The maximum atomic E-state index is 15.0. The number of piperazine rings is 1. The number of benzene rings is 1. The Morgan fingerprint density at radius 1 is 1.19 bits per heavy atom. The Morgan fingerprint density at radius 2 is 1.97 bits per heavy atom. The number of anilines is 1. The Kier molecular flexibility index (Phi) is 7.62. The number of aromatic nitrogens is 3. The Balaban J connectivity index is 1.19. The molecule has 8 nitrogen and oxygen atoms in total. The number of nitrogens with zero attached hydrogens (tertiary/aromatic N) is 5. The molecule has 1 aromatic carbocycles. The van der Waals surface area contributed by atoms with Crippen LogP contribution in [-0.2, 0) is 16.0 Å². The lowest BCUT2D eigenvalue weighted by Gasteiger charge is -2.38. The van der Waals surface area contributed by atoms with Crippen molar-refractivity contribution in [2.75, 3.05) is 44.3 Å². The van der Waals surface area contributed by atoms with E-state index in [1.54, 1.807) is 23.2 Å². The first-order chi connectivity index (χ1) is 17.4. The fourth-order valence-electron chi connectivity index (χ4n) is 5.01. The molecule has 2 saturated heterocycles. The number of alkyl halides is 1. The summed E-state index contributed by atoms with van der Waals surface area (Å²) < 4.78 is 35.1. The Bertz CT molecular complexity index is 1060. The molecule has 4 atom stereocenters. The van der Waals surface area contributed by atoms with Gasteiger partial charge >= 0.3 is 0 Å². The van der Waals surface area contributed by atoms with E-state index in [0.717, 1.165) is 31.9 Å². The standard InChI is InChI=1S/C26H33ClFN5O3/c1-19(2)31-9-11-32(12-10-31)21-4-6-22(7-5-21)34-14-23-15-35-26(36-23,16-33-18-29-17-30-33)24-8-3-20(27)13-25(24)28/h3-8,13,17-19,23-25H,9-12,14-16H2,1-2H3/t23-,24?,25?,26-/m0/s1. The van der Waals surface area contributed by atoms with E-state index in [0.29, 0.717) is 11.1 Å². The highest BCUT2D eigenvalue weighted by atomic mass is 35.5. The molecule has 2 unspecified atom stereocenters. The van der Waals surface area contributed by atoms with Gasteiger partial charge in [-0.25, -0.2) is 14.1 Å². The lowest BCUT2D eigenvalue weighted by Crippen LogP contribution is -2.48. The van der Waals surface area contributed by atoms with Crippen LogP contribution < -0.4 is 9.64 Å². The predicted molar refractivity (Wildman–Crippen MR) is 136 cm³/mol. The van der Waals surface area contributed by atoms with Crippen molar-refractivity contribution in [3.05, 3.63) is 60.2 Å². The first kappa shape index (κ1) is 25.2. The zero-order valence-corrected chi connectivity index (χ0v) is 21.4. The van der Waals surface area contributed by atoms with E-state index in [9.17, 15) is 4.39 Å². The van der Waals surface area contributed by atoms with Crippen molar-refractivity contribution < 1.29 is 18.6 Å². The second-order valence-electron chi connectivity index (χ2n) is 9.76. The van der Waals surface area contributed by atoms with E-state index >= 15 is 0 Å². The number of hydrogen-bond donors (Lipinski definition) is 0. The van der Waals surface area contributed by atoms with Crippen molar-refractivity contribution in [1.82, 2.24) is 19.7 Å². The van der Waals surface area contributed by atoms with Gasteiger partial charge in [0.1, 0.15) is 37.3 Å². The van der Waals surface area contributed by atoms with Crippen LogP contribution in [0.25, 0.3) is 0 Å². The summed E-state index contributed by atoms with van der Waals surface area (Å²) in [6.07, 6.45) is 6.03. The van der Waals surface area contributed by atoms with Gasteiger partial charge in [-0.15, -0.1) is 0 Å². The zero-order valence-electron chi connectivity index (χ0n) is 20.7. The summed E-state index contributed by atoms with van der Waals surface area (Å²) in [5, 5.41) is 4.52. The third-order valence-electron chi connectivity index (χ3n) is 7.04. The van der Waals surface area contributed by atoms with E-state index in [2.05, 4.69) is 45.9 Å². The molecular formula is C26H33ClFN5O3. The zero-order chi connectivity index (χ0) is 25.1. The van der Waals surface area contributed by atoms with E-state index < -0.39 is 17.9 Å². The molecule has 1 aliphatic carbocycles. The average Bonchev–Trinajstić information content (AvgIpc) is 3.54. The number of rotatable bonds is 8. The van der Waals surface area contributed by atoms with Crippen molar-refractivity contribution in [1.29, 1.82) is 0 Å². The van der Waals surface area contributed by atoms with Crippen molar-refractivity contribution in [3.63, 3.8) is 0 Å². The quantitative estimate of drug-likeness (QED) is 0.529. The van der Waals surface area contributed by atoms with Gasteiger partial charge in [0, 0.05) is 42.9 Å². The minimum absolute atomic E-state index is 0.198. The van der Waals surface area contributed by atoms with Crippen molar-refractivity contribution in [2.45, 2.75) is 44.5 Å². The minimum atomic E-state index is -1.35. The van der Waals surface area contributed by atoms with Crippen molar-refractivity contribution in [3.8, 4) is 5.75 Å². The van der Waals surface area contributed by atoms with Gasteiger partial charge in [0.05, 0.1) is 19.1 Å². The molecule has 0 N–H and O–H groups in total. The lowest BCUT2D eigenvalue weighted by molar-refractivity contribution is -0.215. The van der Waals surface area contributed by atoms with Crippen LogP contribution in [0, 0.1) is 5.92 Å². The minimum Gasteiger partial charge on any atom is -0.491 e. The Labute approximate surface area is 216 Å². The van der Waals surface area contributed by atoms with Crippen LogP contribution in [0.4, 0.5) is 10.1 Å². The van der Waals surface area contributed by atoms with Gasteiger partial charge in [0.15, 0.2) is 5.79 Å². The van der Waals surface area contributed by atoms with Crippen LogP contribution in [0.15, 0.2) is 60.2 Å². The highest BCUT2D eigenvalue weighted by molar-refractivity contribution is 6.31. The Hall–Kier alpha value is -2.46. The van der Waals surface area contributed by atoms with Gasteiger partial charge in [-0.3, -0.25) is 4.90 Å². The molecule has 0 spiro atoms. The maximum Gasteiger partial charge on any atom is 0.198 e. The van der Waals surface area contributed by atoms with Gasteiger partial charge in [-0.2, -0.15) is 5.10 Å². The molecule has 0 saturated carbocycles. The highest BCUT2D eigenvalue weighted by Crippen LogP contribution is 2.40. The second kappa shape index (κ2) is 10.9. The van der Waals surface area contributed by atoms with E-state index in [4.69, 9.17) is 25.8 Å². The monoisotopic (exact) mass is 517 g/mol. The molecule has 194 valence electrons. The average molecular weight is 518 g/mol. The first-order valence-electron chi connectivity index (χ1n) is 12.5. The van der Waals surface area contributed by atoms with E-state index in [1.807, 2.05) is 12.1 Å². The fraction of sp³-hybridized carbons (Fsp3) is 0.538. The summed E-state index contributed by atoms with van der Waals surface area (Å²) in [6.45, 7) is 9.44. The molecule has 3 aliphatic rings. The van der Waals surface area contributed by atoms with E-state index in [1.165, 1.54) is 18.1 Å². The SMILES string of the molecule is CC(C)N1CCN(c2ccc(OC[C@H]3CO[C@](Cn4cncn4)(C4C=CC(Cl)=CC4F)O3)cc2)CC1. The van der Waals surface area contributed by atoms with Crippen LogP contribution in [0.2, 0.25) is 0 Å². The van der Waals surface area contributed by atoms with Gasteiger partial charge in [0.2, 0.25) is 0 Å². The van der Waals surface area contributed by atoms with Crippen molar-refractivity contribution >= 4 is 17.3 Å². The number of ether oxygens (including phenoxy) is 3. The van der Waals surface area contributed by atoms with Crippen LogP contribution >= 0.6 is 11.6 Å². The molecule has 36 heavy (non-hydrogen) atoms. The predicted octanol–water partition coefficient (Wildman–Crippen LogP) is 3.65. The summed E-state index contributed by atoms with van der Waals surface area (Å²) in [6, 6.07) is 8.74.